The molecule has 0 bridgehead atoms. The molecule has 0 rings (SSSR count). The molecule has 0 radical (unpaired) electrons. The SMILES string of the molecule is C=C/C(C(=O)S)=C(\C=C)C(=O)NC. The van der Waals surface area contributed by atoms with Crippen molar-refractivity contribution < 1.29 is 9.59 Å². The third-order valence-corrected chi connectivity index (χ3v) is 1.64. The highest BCUT2D eigenvalue weighted by molar-refractivity contribution is 7.97. The monoisotopic (exact) mass is 197 g/mol. The Morgan fingerprint density at radius 2 is 1.69 bits per heavy atom. The van der Waals surface area contributed by atoms with Crippen molar-refractivity contribution >= 4 is 23.7 Å². The quantitative estimate of drug-likeness (QED) is 0.399. The van der Waals surface area contributed by atoms with E-state index < -0.39 is 5.12 Å². The van der Waals surface area contributed by atoms with Crippen LogP contribution in [-0.4, -0.2) is 18.1 Å². The first-order chi connectivity index (χ1) is 6.08. The lowest BCUT2D eigenvalue weighted by molar-refractivity contribution is -0.117. The molecule has 0 aromatic carbocycles. The number of hydrogen-bond acceptors (Lipinski definition) is 2. The fourth-order valence-electron chi connectivity index (χ4n) is 0.772. The van der Waals surface area contributed by atoms with Gasteiger partial charge < -0.3 is 5.32 Å². The van der Waals surface area contributed by atoms with Crippen LogP contribution < -0.4 is 5.32 Å². The van der Waals surface area contributed by atoms with Crippen LogP contribution in [0.4, 0.5) is 0 Å². The van der Waals surface area contributed by atoms with Crippen molar-refractivity contribution in [1.82, 2.24) is 5.32 Å². The van der Waals surface area contributed by atoms with Gasteiger partial charge in [0.25, 0.3) is 5.91 Å². The van der Waals surface area contributed by atoms with Crippen molar-refractivity contribution in [2.24, 2.45) is 0 Å². The van der Waals surface area contributed by atoms with Crippen LogP contribution in [0.2, 0.25) is 0 Å². The van der Waals surface area contributed by atoms with E-state index in [2.05, 4.69) is 31.1 Å². The zero-order valence-corrected chi connectivity index (χ0v) is 8.23. The highest BCUT2D eigenvalue weighted by Crippen LogP contribution is 2.10. The van der Waals surface area contributed by atoms with Crippen molar-refractivity contribution in [2.45, 2.75) is 0 Å². The van der Waals surface area contributed by atoms with Crippen LogP contribution in [0.1, 0.15) is 0 Å². The van der Waals surface area contributed by atoms with E-state index in [1.165, 1.54) is 19.2 Å². The van der Waals surface area contributed by atoms with Crippen LogP contribution >= 0.6 is 12.6 Å². The molecule has 0 saturated carbocycles. The maximum absolute atomic E-state index is 11.2. The minimum Gasteiger partial charge on any atom is -0.355 e. The van der Waals surface area contributed by atoms with Crippen LogP contribution in [0.25, 0.3) is 0 Å². The molecular formula is C9H11NO2S. The standard InChI is InChI=1S/C9H11NO2S/c1-4-6(8(11)10-3)7(5-2)9(12)13/h4-5H,1-2H2,3H3,(H,10,11)(H,12,13)/b7-6-. The minimum atomic E-state index is -0.506. The number of thiol groups is 1. The van der Waals surface area contributed by atoms with Gasteiger partial charge in [-0.25, -0.2) is 0 Å². The molecule has 0 aromatic rings. The molecular weight excluding hydrogens is 186 g/mol. The summed E-state index contributed by atoms with van der Waals surface area (Å²) in [6.07, 6.45) is 2.57. The van der Waals surface area contributed by atoms with Crippen LogP contribution in [-0.2, 0) is 9.59 Å². The molecule has 0 aliphatic rings. The van der Waals surface area contributed by atoms with Gasteiger partial charge in [0.05, 0.1) is 5.57 Å². The van der Waals surface area contributed by atoms with Crippen LogP contribution in [0.3, 0.4) is 0 Å². The van der Waals surface area contributed by atoms with Gasteiger partial charge in [-0.2, -0.15) is 0 Å². The lowest BCUT2D eigenvalue weighted by Gasteiger charge is -2.03. The summed E-state index contributed by atoms with van der Waals surface area (Å²) in [5.41, 5.74) is 0.329. The summed E-state index contributed by atoms with van der Waals surface area (Å²) < 4.78 is 0. The average molecular weight is 197 g/mol. The van der Waals surface area contributed by atoms with Gasteiger partial charge in [-0.3, -0.25) is 9.59 Å². The van der Waals surface area contributed by atoms with Gasteiger partial charge in [-0.15, -0.1) is 12.6 Å². The second-order valence-electron chi connectivity index (χ2n) is 2.12. The first-order valence-corrected chi connectivity index (χ1v) is 3.97. The summed E-state index contributed by atoms with van der Waals surface area (Å²) in [6, 6.07) is 0. The van der Waals surface area contributed by atoms with Crippen molar-refractivity contribution in [3.8, 4) is 0 Å². The van der Waals surface area contributed by atoms with Crippen molar-refractivity contribution in [2.75, 3.05) is 7.05 Å². The molecule has 0 aliphatic carbocycles. The fourth-order valence-corrected chi connectivity index (χ4v) is 0.984. The lowest BCUT2D eigenvalue weighted by atomic mass is 10.1. The van der Waals surface area contributed by atoms with Gasteiger partial charge >= 0.3 is 0 Å². The Hall–Kier alpha value is -1.29. The molecule has 0 atom stereocenters. The van der Waals surface area contributed by atoms with Gasteiger partial charge in [-0.05, 0) is 0 Å². The average Bonchev–Trinajstić information content (AvgIpc) is 2.12. The predicted octanol–water partition coefficient (Wildman–Crippen LogP) is 0.857. The van der Waals surface area contributed by atoms with Crippen LogP contribution in [0.15, 0.2) is 36.5 Å². The van der Waals surface area contributed by atoms with Gasteiger partial charge in [0.2, 0.25) is 5.12 Å². The molecule has 1 N–H and O–H groups in total. The number of likely N-dealkylation sites (N-methyl/N-ethyl adjacent to an activating group) is 1. The Bertz CT molecular complexity index is 292. The Balaban J connectivity index is 5.29. The number of amides is 1. The molecule has 0 heterocycles. The summed E-state index contributed by atoms with van der Waals surface area (Å²) in [5, 5.41) is 1.88. The molecule has 3 nitrogen and oxygen atoms in total. The van der Waals surface area contributed by atoms with Crippen molar-refractivity contribution in [1.29, 1.82) is 0 Å². The summed E-state index contributed by atoms with van der Waals surface area (Å²) in [5.74, 6) is -0.382. The number of rotatable bonds is 4. The van der Waals surface area contributed by atoms with Crippen molar-refractivity contribution in [3.05, 3.63) is 36.5 Å². The molecule has 0 aromatic heterocycles. The second-order valence-corrected chi connectivity index (χ2v) is 2.53. The van der Waals surface area contributed by atoms with E-state index >= 15 is 0 Å². The maximum atomic E-state index is 11.2. The molecule has 0 spiro atoms. The molecule has 4 heteroatoms. The molecule has 0 aliphatic heterocycles. The van der Waals surface area contributed by atoms with E-state index in [0.29, 0.717) is 0 Å². The highest BCUT2D eigenvalue weighted by Gasteiger charge is 2.12. The zero-order valence-electron chi connectivity index (χ0n) is 7.33. The van der Waals surface area contributed by atoms with E-state index in [1.54, 1.807) is 0 Å². The normalized spacial score (nSPS) is 11.2. The summed E-state index contributed by atoms with van der Waals surface area (Å²) in [7, 11) is 1.47. The second kappa shape index (κ2) is 5.37. The Morgan fingerprint density at radius 1 is 1.23 bits per heavy atom. The smallest absolute Gasteiger partial charge is 0.251 e. The number of nitrogens with one attached hydrogen (secondary N) is 1. The number of hydrogen-bond donors (Lipinski definition) is 2. The molecule has 1 amide bonds. The van der Waals surface area contributed by atoms with Gasteiger partial charge in [0.15, 0.2) is 0 Å². The first kappa shape index (κ1) is 11.7. The number of allylic oxidation sites excluding steroid dienone is 1. The maximum Gasteiger partial charge on any atom is 0.251 e. The minimum absolute atomic E-state index is 0.151. The van der Waals surface area contributed by atoms with E-state index in [-0.39, 0.29) is 17.1 Å². The zero-order chi connectivity index (χ0) is 10.4. The Morgan fingerprint density at radius 3 is 1.92 bits per heavy atom. The van der Waals surface area contributed by atoms with Gasteiger partial charge in [0, 0.05) is 12.6 Å². The number of carbonyl (C=O) groups excluding carboxylic acids is 2. The molecule has 0 saturated heterocycles. The lowest BCUT2D eigenvalue weighted by Crippen LogP contribution is -2.21. The van der Waals surface area contributed by atoms with Crippen LogP contribution in [0, 0.1) is 0 Å². The summed E-state index contributed by atoms with van der Waals surface area (Å²) in [4.78, 5) is 22.1. The predicted molar refractivity (Wildman–Crippen MR) is 55.5 cm³/mol. The summed E-state index contributed by atoms with van der Waals surface area (Å²) >= 11 is 3.60. The van der Waals surface area contributed by atoms with E-state index in [4.69, 9.17) is 0 Å². The Labute approximate surface area is 82.6 Å². The largest absolute Gasteiger partial charge is 0.355 e. The number of carbonyl (C=O) groups is 2. The fraction of sp³-hybridized carbons (Fsp3) is 0.111. The third kappa shape index (κ3) is 2.91. The van der Waals surface area contributed by atoms with E-state index in [1.807, 2.05) is 0 Å². The van der Waals surface area contributed by atoms with Crippen molar-refractivity contribution in [3.63, 3.8) is 0 Å². The van der Waals surface area contributed by atoms with E-state index in [0.717, 1.165) is 0 Å². The van der Waals surface area contributed by atoms with E-state index in [9.17, 15) is 9.59 Å². The van der Waals surface area contributed by atoms with Gasteiger partial charge in [-0.1, -0.05) is 25.3 Å². The molecule has 0 unspecified atom stereocenters. The molecule has 70 valence electrons. The highest BCUT2D eigenvalue weighted by atomic mass is 32.1. The molecule has 0 fully saturated rings. The summed E-state index contributed by atoms with van der Waals surface area (Å²) in [6.45, 7) is 6.84. The van der Waals surface area contributed by atoms with Gasteiger partial charge in [0.1, 0.15) is 0 Å². The van der Waals surface area contributed by atoms with Crippen LogP contribution in [0.5, 0.6) is 0 Å². The molecule has 13 heavy (non-hydrogen) atoms. The topological polar surface area (TPSA) is 46.2 Å². The Kier molecular flexibility index (Phi) is 4.84. The third-order valence-electron chi connectivity index (χ3n) is 1.40. The first-order valence-electron chi connectivity index (χ1n) is 3.53.